The molecule has 2 rings (SSSR count). The average Bonchev–Trinajstić information content (AvgIpc) is 2.89. The third kappa shape index (κ3) is 3.23. The minimum atomic E-state index is -0.0615. The van der Waals surface area contributed by atoms with Crippen LogP contribution in [0.5, 0.6) is 11.5 Å². The number of benzene rings is 1. The number of hydrogen-bond acceptors (Lipinski definition) is 5. The van der Waals surface area contributed by atoms with Gasteiger partial charge in [-0.2, -0.15) is 5.10 Å². The lowest BCUT2D eigenvalue weighted by Crippen LogP contribution is -2.20. The Balaban J connectivity index is 2.48. The van der Waals surface area contributed by atoms with Crippen LogP contribution in [0, 0.1) is 6.92 Å². The fraction of sp³-hybridized carbons (Fsp3) is 0.438. The van der Waals surface area contributed by atoms with E-state index in [1.54, 1.807) is 18.9 Å². The zero-order valence-electron chi connectivity index (χ0n) is 13.2. The SMILES string of the molecule is COc1ccc(C(CN)c2cc(C)nn2CCO)c(OC)c1. The van der Waals surface area contributed by atoms with E-state index >= 15 is 0 Å². The van der Waals surface area contributed by atoms with Gasteiger partial charge >= 0.3 is 0 Å². The highest BCUT2D eigenvalue weighted by Gasteiger charge is 2.22. The summed E-state index contributed by atoms with van der Waals surface area (Å²) in [6.07, 6.45) is 0. The minimum Gasteiger partial charge on any atom is -0.497 e. The van der Waals surface area contributed by atoms with Crippen LogP contribution >= 0.6 is 0 Å². The maximum Gasteiger partial charge on any atom is 0.126 e. The largest absolute Gasteiger partial charge is 0.497 e. The maximum atomic E-state index is 9.21. The second kappa shape index (κ2) is 7.29. The van der Waals surface area contributed by atoms with Crippen LogP contribution in [0.15, 0.2) is 24.3 Å². The zero-order valence-corrected chi connectivity index (χ0v) is 13.2. The fourth-order valence-corrected chi connectivity index (χ4v) is 2.63. The van der Waals surface area contributed by atoms with Crippen LogP contribution in [0.4, 0.5) is 0 Å². The molecule has 0 fully saturated rings. The molecule has 0 aliphatic carbocycles. The molecule has 2 aromatic rings. The molecule has 6 nitrogen and oxygen atoms in total. The van der Waals surface area contributed by atoms with Gasteiger partial charge in [-0.25, -0.2) is 0 Å². The molecule has 1 unspecified atom stereocenters. The molecule has 120 valence electrons. The summed E-state index contributed by atoms with van der Waals surface area (Å²) in [6.45, 7) is 2.82. The summed E-state index contributed by atoms with van der Waals surface area (Å²) < 4.78 is 12.5. The summed E-state index contributed by atoms with van der Waals surface area (Å²) in [4.78, 5) is 0. The summed E-state index contributed by atoms with van der Waals surface area (Å²) in [5.41, 5.74) is 8.86. The van der Waals surface area contributed by atoms with Gasteiger partial charge in [0.1, 0.15) is 11.5 Å². The number of aromatic nitrogens is 2. The second-order valence-electron chi connectivity index (χ2n) is 5.05. The lowest BCUT2D eigenvalue weighted by molar-refractivity contribution is 0.266. The number of aliphatic hydroxyl groups is 1. The number of aryl methyl sites for hydroxylation is 1. The van der Waals surface area contributed by atoms with Gasteiger partial charge < -0.3 is 20.3 Å². The molecule has 0 radical (unpaired) electrons. The van der Waals surface area contributed by atoms with E-state index in [1.165, 1.54) is 0 Å². The first-order chi connectivity index (χ1) is 10.6. The second-order valence-corrected chi connectivity index (χ2v) is 5.05. The maximum absolute atomic E-state index is 9.21. The van der Waals surface area contributed by atoms with Crippen molar-refractivity contribution in [2.24, 2.45) is 5.73 Å². The molecule has 0 saturated heterocycles. The summed E-state index contributed by atoms with van der Waals surface area (Å²) in [5.74, 6) is 1.40. The third-order valence-electron chi connectivity index (χ3n) is 3.65. The minimum absolute atomic E-state index is 0.0329. The summed E-state index contributed by atoms with van der Waals surface area (Å²) in [5, 5.41) is 13.6. The smallest absolute Gasteiger partial charge is 0.126 e. The van der Waals surface area contributed by atoms with Crippen LogP contribution in [0.25, 0.3) is 0 Å². The molecule has 3 N–H and O–H groups in total. The van der Waals surface area contributed by atoms with Crippen LogP contribution in [-0.2, 0) is 6.54 Å². The van der Waals surface area contributed by atoms with Crippen molar-refractivity contribution < 1.29 is 14.6 Å². The van der Waals surface area contributed by atoms with E-state index < -0.39 is 0 Å². The number of rotatable bonds is 7. The van der Waals surface area contributed by atoms with E-state index in [2.05, 4.69) is 5.10 Å². The highest BCUT2D eigenvalue weighted by atomic mass is 16.5. The molecule has 1 atom stereocenters. The van der Waals surface area contributed by atoms with E-state index in [1.807, 2.05) is 31.2 Å². The standard InChI is InChI=1S/C16H23N3O3/c1-11-8-15(19(18-11)6-7-20)14(10-17)13-5-4-12(21-2)9-16(13)22-3/h4-5,8-9,14,20H,6-7,10,17H2,1-3H3. The number of nitrogens with two attached hydrogens (primary N) is 1. The summed E-state index contributed by atoms with van der Waals surface area (Å²) >= 11 is 0. The number of aliphatic hydroxyl groups excluding tert-OH is 1. The Morgan fingerprint density at radius 3 is 2.64 bits per heavy atom. The Morgan fingerprint density at radius 2 is 2.05 bits per heavy atom. The van der Waals surface area contributed by atoms with E-state index in [0.29, 0.717) is 13.1 Å². The van der Waals surface area contributed by atoms with Gasteiger partial charge in [0.25, 0.3) is 0 Å². The Hall–Kier alpha value is -2.05. The van der Waals surface area contributed by atoms with Crippen LogP contribution in [0.3, 0.4) is 0 Å². The Kier molecular flexibility index (Phi) is 5.41. The molecule has 22 heavy (non-hydrogen) atoms. The van der Waals surface area contributed by atoms with Crippen LogP contribution in [-0.4, -0.2) is 42.3 Å². The first-order valence-corrected chi connectivity index (χ1v) is 7.21. The highest BCUT2D eigenvalue weighted by molar-refractivity contribution is 5.46. The molecule has 1 aromatic heterocycles. The van der Waals surface area contributed by atoms with Crippen molar-refractivity contribution in [3.8, 4) is 11.5 Å². The van der Waals surface area contributed by atoms with Crippen molar-refractivity contribution in [1.82, 2.24) is 9.78 Å². The van der Waals surface area contributed by atoms with Crippen molar-refractivity contribution in [1.29, 1.82) is 0 Å². The molecule has 1 aromatic carbocycles. The van der Waals surface area contributed by atoms with Crippen LogP contribution in [0.2, 0.25) is 0 Å². The molecule has 0 aliphatic heterocycles. The van der Waals surface area contributed by atoms with Crippen molar-refractivity contribution in [2.45, 2.75) is 19.4 Å². The third-order valence-corrected chi connectivity index (χ3v) is 3.65. The molecule has 0 bridgehead atoms. The van der Waals surface area contributed by atoms with Gasteiger partial charge in [0.2, 0.25) is 0 Å². The molecule has 0 spiro atoms. The molecular weight excluding hydrogens is 282 g/mol. The fourth-order valence-electron chi connectivity index (χ4n) is 2.63. The normalized spacial score (nSPS) is 12.2. The van der Waals surface area contributed by atoms with Crippen molar-refractivity contribution in [2.75, 3.05) is 27.4 Å². The lowest BCUT2D eigenvalue weighted by atomic mass is 9.94. The number of ether oxygens (including phenoxy) is 2. The summed E-state index contributed by atoms with van der Waals surface area (Å²) in [7, 11) is 3.25. The Morgan fingerprint density at radius 1 is 1.27 bits per heavy atom. The van der Waals surface area contributed by atoms with Gasteiger partial charge in [-0.05, 0) is 19.1 Å². The number of hydrogen-bond donors (Lipinski definition) is 2. The van der Waals surface area contributed by atoms with Crippen molar-refractivity contribution in [3.63, 3.8) is 0 Å². The molecule has 1 heterocycles. The van der Waals surface area contributed by atoms with Gasteiger partial charge in [-0.15, -0.1) is 0 Å². The Bertz CT molecular complexity index is 625. The van der Waals surface area contributed by atoms with Gasteiger partial charge in [0.15, 0.2) is 0 Å². The topological polar surface area (TPSA) is 82.5 Å². The van der Waals surface area contributed by atoms with E-state index in [4.69, 9.17) is 15.2 Å². The molecular formula is C16H23N3O3. The van der Waals surface area contributed by atoms with E-state index in [0.717, 1.165) is 28.5 Å². The van der Waals surface area contributed by atoms with Gasteiger partial charge in [0.05, 0.1) is 33.1 Å². The number of nitrogens with zero attached hydrogens (tertiary/aromatic N) is 2. The monoisotopic (exact) mass is 305 g/mol. The molecule has 0 saturated carbocycles. The van der Waals surface area contributed by atoms with Gasteiger partial charge in [0, 0.05) is 29.8 Å². The first kappa shape index (κ1) is 16.3. The predicted octanol–water partition coefficient (Wildman–Crippen LogP) is 1.29. The van der Waals surface area contributed by atoms with E-state index in [9.17, 15) is 5.11 Å². The molecule has 0 aliphatic rings. The van der Waals surface area contributed by atoms with Crippen LogP contribution in [0.1, 0.15) is 22.9 Å². The van der Waals surface area contributed by atoms with Crippen molar-refractivity contribution >= 4 is 0 Å². The summed E-state index contributed by atoms with van der Waals surface area (Å²) in [6, 6.07) is 7.69. The Labute approximate surface area is 130 Å². The molecule has 0 amide bonds. The average molecular weight is 305 g/mol. The van der Waals surface area contributed by atoms with Gasteiger partial charge in [-0.1, -0.05) is 6.07 Å². The highest BCUT2D eigenvalue weighted by Crippen LogP contribution is 2.34. The zero-order chi connectivity index (χ0) is 16.1. The lowest BCUT2D eigenvalue weighted by Gasteiger charge is -2.20. The van der Waals surface area contributed by atoms with Gasteiger partial charge in [-0.3, -0.25) is 4.68 Å². The van der Waals surface area contributed by atoms with Crippen LogP contribution < -0.4 is 15.2 Å². The number of methoxy groups -OCH3 is 2. The van der Waals surface area contributed by atoms with E-state index in [-0.39, 0.29) is 12.5 Å². The van der Waals surface area contributed by atoms with Crippen molar-refractivity contribution in [3.05, 3.63) is 41.2 Å². The quantitative estimate of drug-likeness (QED) is 0.805. The predicted molar refractivity (Wildman–Crippen MR) is 84.5 cm³/mol. The molecule has 6 heteroatoms. The first-order valence-electron chi connectivity index (χ1n) is 7.21.